The van der Waals surface area contributed by atoms with Crippen LogP contribution in [0.5, 0.6) is 5.75 Å². The second-order valence-electron chi connectivity index (χ2n) is 12.4. The van der Waals surface area contributed by atoms with E-state index in [1.54, 1.807) is 20.5 Å². The van der Waals surface area contributed by atoms with Crippen molar-refractivity contribution in [2.45, 2.75) is 56.3 Å². The lowest BCUT2D eigenvalue weighted by atomic mass is 9.80. The molecule has 6 rings (SSSR count). The molecule has 1 saturated heterocycles. The lowest BCUT2D eigenvalue weighted by Gasteiger charge is -2.42. The minimum atomic E-state index is -1.03. The van der Waals surface area contributed by atoms with Crippen molar-refractivity contribution < 1.29 is 19.4 Å². The van der Waals surface area contributed by atoms with Gasteiger partial charge in [-0.15, -0.1) is 0 Å². The van der Waals surface area contributed by atoms with Gasteiger partial charge in [0.1, 0.15) is 11.4 Å². The highest BCUT2D eigenvalue weighted by Crippen LogP contribution is 2.41. The number of rotatable bonds is 10. The molecule has 0 radical (unpaired) electrons. The topological polar surface area (TPSA) is 80.1 Å². The Kier molecular flexibility index (Phi) is 9.64. The molecule has 3 atom stereocenters. The highest BCUT2D eigenvalue weighted by atomic mass is 16.5. The molecule has 8 nitrogen and oxygen atoms in total. The molecule has 1 aliphatic carbocycles. The van der Waals surface area contributed by atoms with Crippen LogP contribution in [-0.4, -0.2) is 82.5 Å². The fraction of sp³-hybridized carbons (Fsp3) is 0.405. The second kappa shape index (κ2) is 14.0. The number of aliphatic hydroxyl groups is 1. The molecule has 0 unspecified atom stereocenters. The first kappa shape index (κ1) is 31.0. The predicted octanol–water partition coefficient (Wildman–Crippen LogP) is 5.62. The Bertz CT molecular complexity index is 1560. The van der Waals surface area contributed by atoms with Crippen LogP contribution in [0.25, 0.3) is 11.3 Å². The van der Waals surface area contributed by atoms with E-state index in [1.807, 2.05) is 64.1 Å². The van der Waals surface area contributed by atoms with Crippen LogP contribution >= 0.6 is 0 Å². The number of imidazole rings is 1. The molecule has 2 aliphatic rings. The number of amides is 1. The third-order valence-corrected chi connectivity index (χ3v) is 9.46. The minimum Gasteiger partial charge on any atom is -0.496 e. The maximum atomic E-state index is 14.7. The lowest BCUT2D eigenvalue weighted by molar-refractivity contribution is -0.0893. The van der Waals surface area contributed by atoms with Gasteiger partial charge < -0.3 is 24.0 Å². The van der Waals surface area contributed by atoms with Crippen LogP contribution in [0, 0.1) is 0 Å². The number of carbonyl (C=O) groups is 1. The van der Waals surface area contributed by atoms with Gasteiger partial charge in [-0.1, -0.05) is 91.7 Å². The standard InChI is InChI=1S/C37H44N4O4/c1-44-26-37(43)20-12-11-19-33(37)41-27-38-34(35(41)29-15-7-4-8-16-29)36(42)40-22-21-39(24-28-13-5-3-6-14-28)25-31(40)23-30-17-9-10-18-32(30)45-2/h3-10,13-18,27,31,33,43H,11-12,19-26H2,1-2H3/t31-,33+,37+/m0/s1. The molecule has 1 aromatic heterocycles. The minimum absolute atomic E-state index is 0.0832. The van der Waals surface area contributed by atoms with Crippen LogP contribution in [0.1, 0.15) is 53.3 Å². The zero-order valence-electron chi connectivity index (χ0n) is 26.3. The van der Waals surface area contributed by atoms with Gasteiger partial charge in [-0.2, -0.15) is 0 Å². The molecule has 2 heterocycles. The van der Waals surface area contributed by atoms with Crippen LogP contribution < -0.4 is 4.74 Å². The van der Waals surface area contributed by atoms with Crippen LogP contribution in [0.3, 0.4) is 0 Å². The Balaban J connectivity index is 1.36. The normalized spacial score (nSPS) is 22.3. The van der Waals surface area contributed by atoms with Gasteiger partial charge in [-0.05, 0) is 36.5 Å². The summed E-state index contributed by atoms with van der Waals surface area (Å²) in [5.74, 6) is 0.743. The number of benzene rings is 3. The monoisotopic (exact) mass is 608 g/mol. The molecule has 1 N–H and O–H groups in total. The summed E-state index contributed by atoms with van der Waals surface area (Å²) in [5, 5.41) is 11.8. The van der Waals surface area contributed by atoms with E-state index in [0.717, 1.165) is 61.5 Å². The first-order chi connectivity index (χ1) is 22.0. The average molecular weight is 609 g/mol. The van der Waals surface area contributed by atoms with E-state index in [0.29, 0.717) is 25.1 Å². The average Bonchev–Trinajstić information content (AvgIpc) is 3.51. The molecule has 45 heavy (non-hydrogen) atoms. The summed E-state index contributed by atoms with van der Waals surface area (Å²) in [7, 11) is 3.32. The smallest absolute Gasteiger partial charge is 0.275 e. The fourth-order valence-electron chi connectivity index (χ4n) is 7.26. The number of hydrogen-bond acceptors (Lipinski definition) is 6. The van der Waals surface area contributed by atoms with E-state index >= 15 is 0 Å². The van der Waals surface area contributed by atoms with Crippen molar-refractivity contribution in [3.63, 3.8) is 0 Å². The quantitative estimate of drug-likeness (QED) is 0.252. The van der Waals surface area contributed by atoms with Crippen LogP contribution in [0.2, 0.25) is 0 Å². The molecule has 8 heteroatoms. The van der Waals surface area contributed by atoms with E-state index in [1.165, 1.54) is 5.56 Å². The lowest BCUT2D eigenvalue weighted by Crippen LogP contribution is -2.55. The third kappa shape index (κ3) is 6.69. The first-order valence-electron chi connectivity index (χ1n) is 16.0. The van der Waals surface area contributed by atoms with Gasteiger partial charge in [0.2, 0.25) is 0 Å². The number of nitrogens with zero attached hydrogens (tertiary/aromatic N) is 4. The van der Waals surface area contributed by atoms with E-state index in [9.17, 15) is 9.90 Å². The number of aromatic nitrogens is 2. The summed E-state index contributed by atoms with van der Waals surface area (Å²) >= 11 is 0. The maximum absolute atomic E-state index is 14.7. The molecule has 0 bridgehead atoms. The van der Waals surface area contributed by atoms with Crippen LogP contribution in [-0.2, 0) is 17.7 Å². The Morgan fingerprint density at radius 3 is 2.44 bits per heavy atom. The van der Waals surface area contributed by atoms with Crippen molar-refractivity contribution >= 4 is 5.91 Å². The van der Waals surface area contributed by atoms with Gasteiger partial charge in [0.25, 0.3) is 5.91 Å². The summed E-state index contributed by atoms with van der Waals surface area (Å²) in [5.41, 5.74) is 3.39. The number of ether oxygens (including phenoxy) is 2. The summed E-state index contributed by atoms with van der Waals surface area (Å²) < 4.78 is 13.3. The highest BCUT2D eigenvalue weighted by Gasteiger charge is 2.42. The van der Waals surface area contributed by atoms with Gasteiger partial charge in [0.15, 0.2) is 5.69 Å². The van der Waals surface area contributed by atoms with Crippen molar-refractivity contribution in [2.75, 3.05) is 40.5 Å². The molecular formula is C37H44N4O4. The summed E-state index contributed by atoms with van der Waals surface area (Å²) in [6, 6.07) is 28.2. The second-order valence-corrected chi connectivity index (χ2v) is 12.4. The molecule has 2 fully saturated rings. The van der Waals surface area contributed by atoms with Crippen molar-refractivity contribution in [3.05, 3.63) is 108 Å². The van der Waals surface area contributed by atoms with Crippen LogP contribution in [0.15, 0.2) is 91.3 Å². The number of carbonyl (C=O) groups excluding carboxylic acids is 1. The summed E-state index contributed by atoms with van der Waals surface area (Å²) in [6.45, 7) is 3.15. The molecule has 1 amide bonds. The van der Waals surface area contributed by atoms with Crippen molar-refractivity contribution in [3.8, 4) is 17.0 Å². The summed E-state index contributed by atoms with van der Waals surface area (Å²) in [4.78, 5) is 24.0. The van der Waals surface area contributed by atoms with E-state index in [-0.39, 0.29) is 24.6 Å². The molecule has 236 valence electrons. The van der Waals surface area contributed by atoms with E-state index < -0.39 is 5.60 Å². The predicted molar refractivity (Wildman–Crippen MR) is 175 cm³/mol. The number of methoxy groups -OCH3 is 2. The number of para-hydroxylation sites is 1. The molecular weight excluding hydrogens is 564 g/mol. The van der Waals surface area contributed by atoms with Gasteiger partial charge >= 0.3 is 0 Å². The molecule has 3 aromatic carbocycles. The number of piperazine rings is 1. The molecule has 1 saturated carbocycles. The summed E-state index contributed by atoms with van der Waals surface area (Å²) in [6.07, 6.45) is 5.79. The fourth-order valence-corrected chi connectivity index (χ4v) is 7.26. The first-order valence-corrected chi connectivity index (χ1v) is 16.0. The SMILES string of the molecule is COC[C@]1(O)CCCC[C@H]1n1cnc(C(=O)N2CCN(Cc3ccccc3)C[C@@H]2Cc2ccccc2OC)c1-c1ccccc1. The maximum Gasteiger partial charge on any atom is 0.275 e. The Morgan fingerprint density at radius 2 is 1.69 bits per heavy atom. The molecule has 4 aromatic rings. The Morgan fingerprint density at radius 1 is 0.956 bits per heavy atom. The van der Waals surface area contributed by atoms with Crippen molar-refractivity contribution in [1.29, 1.82) is 0 Å². The van der Waals surface area contributed by atoms with Crippen molar-refractivity contribution in [2.24, 2.45) is 0 Å². The molecule has 0 spiro atoms. The van der Waals surface area contributed by atoms with Gasteiger partial charge in [0, 0.05) is 44.9 Å². The van der Waals surface area contributed by atoms with E-state index in [4.69, 9.17) is 14.5 Å². The van der Waals surface area contributed by atoms with Gasteiger partial charge in [-0.25, -0.2) is 4.98 Å². The largest absolute Gasteiger partial charge is 0.496 e. The van der Waals surface area contributed by atoms with E-state index in [2.05, 4.69) is 35.2 Å². The Hall–Kier alpha value is -3.98. The zero-order chi connectivity index (χ0) is 31.2. The van der Waals surface area contributed by atoms with Crippen LogP contribution in [0.4, 0.5) is 0 Å². The van der Waals surface area contributed by atoms with Gasteiger partial charge in [-0.3, -0.25) is 9.69 Å². The third-order valence-electron chi connectivity index (χ3n) is 9.46. The van der Waals surface area contributed by atoms with Gasteiger partial charge in [0.05, 0.1) is 31.8 Å². The number of hydrogen-bond donors (Lipinski definition) is 1. The Labute approximate surface area is 266 Å². The highest BCUT2D eigenvalue weighted by molar-refractivity contribution is 5.98. The zero-order valence-corrected chi connectivity index (χ0v) is 26.3. The molecule has 1 aliphatic heterocycles. The van der Waals surface area contributed by atoms with Crippen molar-refractivity contribution in [1.82, 2.24) is 19.4 Å².